The van der Waals surface area contributed by atoms with E-state index in [-0.39, 0.29) is 39.5 Å². The molecule has 0 saturated heterocycles. The van der Waals surface area contributed by atoms with E-state index < -0.39 is 34.1 Å². The van der Waals surface area contributed by atoms with E-state index in [0.29, 0.717) is 0 Å². The molecule has 1 N–H and O–H groups in total. The first kappa shape index (κ1) is 34.5. The van der Waals surface area contributed by atoms with Crippen LogP contribution in [0.25, 0.3) is 0 Å². The monoisotopic (exact) mass is 729 g/mol. The number of carbonyl (C=O) groups is 2. The summed E-state index contributed by atoms with van der Waals surface area (Å²) < 4.78 is 30.0. The van der Waals surface area contributed by atoms with Crippen LogP contribution < -0.4 is 9.62 Å². The Morgan fingerprint density at radius 1 is 0.844 bits per heavy atom. The third kappa shape index (κ3) is 9.33. The van der Waals surface area contributed by atoms with E-state index in [0.717, 1.165) is 19.9 Å². The lowest BCUT2D eigenvalue weighted by molar-refractivity contribution is -0.140. The average molecular weight is 732 g/mol. The molecule has 0 radical (unpaired) electrons. The minimum Gasteiger partial charge on any atom is -0.350 e. The van der Waals surface area contributed by atoms with Crippen LogP contribution in [0.15, 0.2) is 112 Å². The van der Waals surface area contributed by atoms with Crippen molar-refractivity contribution in [3.63, 3.8) is 0 Å². The van der Waals surface area contributed by atoms with Crippen molar-refractivity contribution in [2.45, 2.75) is 50.2 Å². The van der Waals surface area contributed by atoms with Crippen LogP contribution >= 0.6 is 39.1 Å². The van der Waals surface area contributed by atoms with Crippen molar-refractivity contribution < 1.29 is 18.0 Å². The highest BCUT2D eigenvalue weighted by Crippen LogP contribution is 2.33. The fourth-order valence-electron chi connectivity index (χ4n) is 4.75. The topological polar surface area (TPSA) is 86.8 Å². The summed E-state index contributed by atoms with van der Waals surface area (Å²) in [4.78, 5) is 29.9. The van der Waals surface area contributed by atoms with Crippen LogP contribution in [-0.2, 0) is 32.6 Å². The van der Waals surface area contributed by atoms with E-state index in [4.69, 9.17) is 23.2 Å². The smallest absolute Gasteiger partial charge is 0.264 e. The zero-order valence-electron chi connectivity index (χ0n) is 25.1. The summed E-state index contributed by atoms with van der Waals surface area (Å²) in [6.07, 6.45) is 0.200. The lowest BCUT2D eigenvalue weighted by Gasteiger charge is -2.35. The molecule has 0 saturated carbocycles. The summed E-state index contributed by atoms with van der Waals surface area (Å²) in [6, 6.07) is 28.0. The van der Waals surface area contributed by atoms with E-state index >= 15 is 0 Å². The maximum Gasteiger partial charge on any atom is 0.264 e. The lowest BCUT2D eigenvalue weighted by atomic mass is 10.0. The number of amides is 2. The van der Waals surface area contributed by atoms with Crippen LogP contribution in [0.3, 0.4) is 0 Å². The SMILES string of the molecule is CC(C)(C)NC(=O)[C@@H](Cc1ccccc1)N(Cc1cccc(Br)c1)C(=O)CN(c1cc(Cl)ccc1Cl)S(=O)(=O)c1ccccc1. The zero-order chi connectivity index (χ0) is 32.8. The summed E-state index contributed by atoms with van der Waals surface area (Å²) in [5, 5.41) is 3.35. The second-order valence-electron chi connectivity index (χ2n) is 11.5. The summed E-state index contributed by atoms with van der Waals surface area (Å²) in [5.41, 5.74) is 1.04. The van der Waals surface area contributed by atoms with E-state index in [2.05, 4.69) is 21.2 Å². The Morgan fingerprint density at radius 3 is 2.09 bits per heavy atom. The molecular formula is C34H34BrCl2N3O4S. The van der Waals surface area contributed by atoms with Crippen LogP contribution in [-0.4, -0.2) is 43.3 Å². The van der Waals surface area contributed by atoms with Crippen molar-refractivity contribution in [3.05, 3.63) is 129 Å². The minimum absolute atomic E-state index is 0.0290. The summed E-state index contributed by atoms with van der Waals surface area (Å²) in [6.45, 7) is 4.98. The van der Waals surface area contributed by atoms with Gasteiger partial charge in [0.05, 0.1) is 15.6 Å². The fraction of sp³-hybridized carbons (Fsp3) is 0.235. The molecule has 0 aliphatic rings. The Kier molecular flexibility index (Phi) is 11.4. The largest absolute Gasteiger partial charge is 0.350 e. The van der Waals surface area contributed by atoms with Crippen molar-refractivity contribution in [2.75, 3.05) is 10.8 Å². The molecule has 4 aromatic carbocycles. The molecule has 0 aliphatic carbocycles. The van der Waals surface area contributed by atoms with Gasteiger partial charge in [-0.2, -0.15) is 0 Å². The van der Waals surface area contributed by atoms with Crippen molar-refractivity contribution in [3.8, 4) is 0 Å². The molecule has 45 heavy (non-hydrogen) atoms. The number of hydrogen-bond donors (Lipinski definition) is 1. The van der Waals surface area contributed by atoms with Crippen LogP contribution in [0.1, 0.15) is 31.9 Å². The first-order chi connectivity index (χ1) is 21.2. The van der Waals surface area contributed by atoms with Gasteiger partial charge in [-0.25, -0.2) is 8.42 Å². The van der Waals surface area contributed by atoms with Crippen molar-refractivity contribution >= 4 is 66.7 Å². The third-order valence-electron chi connectivity index (χ3n) is 6.80. The maximum absolute atomic E-state index is 14.5. The van der Waals surface area contributed by atoms with Gasteiger partial charge in [0.1, 0.15) is 12.6 Å². The predicted octanol–water partition coefficient (Wildman–Crippen LogP) is 7.51. The van der Waals surface area contributed by atoms with Crippen LogP contribution in [0, 0.1) is 0 Å². The van der Waals surface area contributed by atoms with E-state index in [1.165, 1.54) is 35.2 Å². The number of sulfonamides is 1. The molecule has 4 rings (SSSR count). The Morgan fingerprint density at radius 2 is 1.47 bits per heavy atom. The first-order valence-corrected chi connectivity index (χ1v) is 17.2. The highest BCUT2D eigenvalue weighted by Gasteiger charge is 2.36. The average Bonchev–Trinajstić information content (AvgIpc) is 2.99. The van der Waals surface area contributed by atoms with E-state index in [9.17, 15) is 18.0 Å². The Hall–Kier alpha value is -3.37. The van der Waals surface area contributed by atoms with Gasteiger partial charge in [-0.05, 0) is 74.4 Å². The van der Waals surface area contributed by atoms with E-state index in [1.807, 2.05) is 75.4 Å². The number of nitrogens with one attached hydrogen (secondary N) is 1. The number of halogens is 3. The minimum atomic E-state index is -4.30. The molecule has 0 bridgehead atoms. The van der Waals surface area contributed by atoms with Crippen LogP contribution in [0.2, 0.25) is 10.0 Å². The molecule has 2 amide bonds. The second-order valence-corrected chi connectivity index (χ2v) is 15.1. The first-order valence-electron chi connectivity index (χ1n) is 14.2. The van der Waals surface area contributed by atoms with Gasteiger partial charge in [0.15, 0.2) is 0 Å². The maximum atomic E-state index is 14.5. The molecule has 0 aromatic heterocycles. The van der Waals surface area contributed by atoms with Gasteiger partial charge >= 0.3 is 0 Å². The second kappa shape index (κ2) is 14.8. The van der Waals surface area contributed by atoms with Crippen molar-refractivity contribution in [1.82, 2.24) is 10.2 Å². The fourth-order valence-corrected chi connectivity index (χ4v) is 7.08. The number of benzene rings is 4. The molecule has 236 valence electrons. The number of rotatable bonds is 11. The Balaban J connectivity index is 1.84. The van der Waals surface area contributed by atoms with Gasteiger partial charge in [-0.15, -0.1) is 0 Å². The number of hydrogen-bond acceptors (Lipinski definition) is 4. The molecule has 0 fully saturated rings. The highest BCUT2D eigenvalue weighted by atomic mass is 79.9. The quantitative estimate of drug-likeness (QED) is 0.173. The molecule has 0 spiro atoms. The zero-order valence-corrected chi connectivity index (χ0v) is 29.0. The highest BCUT2D eigenvalue weighted by molar-refractivity contribution is 9.10. The molecule has 11 heteroatoms. The summed E-state index contributed by atoms with van der Waals surface area (Å²) in [7, 11) is -4.30. The van der Waals surface area contributed by atoms with Gasteiger partial charge in [0.2, 0.25) is 11.8 Å². The molecule has 4 aromatic rings. The van der Waals surface area contributed by atoms with Gasteiger partial charge in [0, 0.05) is 28.0 Å². The standard InChI is InChI=1S/C34H34BrCl2N3O4S/c1-34(2,3)38-33(42)31(20-24-11-6-4-7-12-24)39(22-25-13-10-14-26(35)19-25)32(41)23-40(30-21-27(36)17-18-29(30)37)45(43,44)28-15-8-5-9-16-28/h4-19,21,31H,20,22-23H2,1-3H3,(H,38,42)/t31-/m1/s1. The van der Waals surface area contributed by atoms with Crippen LogP contribution in [0.5, 0.6) is 0 Å². The van der Waals surface area contributed by atoms with Crippen molar-refractivity contribution in [2.24, 2.45) is 0 Å². The number of carbonyl (C=O) groups excluding carboxylic acids is 2. The lowest BCUT2D eigenvalue weighted by Crippen LogP contribution is -2.56. The summed E-state index contributed by atoms with van der Waals surface area (Å²) >= 11 is 16.3. The Bertz CT molecular complexity index is 1750. The normalized spacial score (nSPS) is 12.3. The van der Waals surface area contributed by atoms with Gasteiger partial charge < -0.3 is 10.2 Å². The molecular weight excluding hydrogens is 697 g/mol. The van der Waals surface area contributed by atoms with Crippen molar-refractivity contribution in [1.29, 1.82) is 0 Å². The van der Waals surface area contributed by atoms with E-state index in [1.54, 1.807) is 18.2 Å². The van der Waals surface area contributed by atoms with Gasteiger partial charge in [0.25, 0.3) is 10.0 Å². The molecule has 0 aliphatic heterocycles. The molecule has 0 heterocycles. The summed E-state index contributed by atoms with van der Waals surface area (Å²) in [5.74, 6) is -0.969. The Labute approximate surface area is 283 Å². The molecule has 7 nitrogen and oxygen atoms in total. The number of anilines is 1. The number of nitrogens with zero attached hydrogens (tertiary/aromatic N) is 2. The molecule has 0 unspecified atom stereocenters. The van der Waals surface area contributed by atoms with Gasteiger partial charge in [-0.3, -0.25) is 13.9 Å². The molecule has 1 atom stereocenters. The van der Waals surface area contributed by atoms with Crippen LogP contribution in [0.4, 0.5) is 5.69 Å². The van der Waals surface area contributed by atoms with Gasteiger partial charge in [-0.1, -0.05) is 99.8 Å². The predicted molar refractivity (Wildman–Crippen MR) is 184 cm³/mol. The third-order valence-corrected chi connectivity index (χ3v) is 9.62.